The molecule has 6 aliphatic heterocycles. The average molecular weight is 869 g/mol. The first-order chi connectivity index (χ1) is 31.1. The molecular weight excluding hydrogens is 817 g/mol. The first-order valence-electron chi connectivity index (χ1n) is 22.4. The van der Waals surface area contributed by atoms with E-state index in [0.29, 0.717) is 74.8 Å². The third kappa shape index (κ3) is 7.81. The van der Waals surface area contributed by atoms with E-state index < -0.39 is 29.7 Å². The molecule has 0 saturated carbocycles. The highest BCUT2D eigenvalue weighted by Crippen LogP contribution is 2.40. The minimum atomic E-state index is -1.00. The van der Waals surface area contributed by atoms with Gasteiger partial charge in [-0.15, -0.1) is 10.2 Å². The number of carbonyl (C=O) groups excluding carboxylic acids is 5. The number of carbonyl (C=O) groups is 5. The normalized spacial score (nSPS) is 22.9. The van der Waals surface area contributed by atoms with Gasteiger partial charge in [0.1, 0.15) is 24.1 Å². The Hall–Kier alpha value is -6.75. The first kappa shape index (κ1) is 41.3. The number of phenolic OH excluding ortho intramolecular Hbond substituents is 1. The smallest absolute Gasteiger partial charge is 0.262 e. The molecule has 64 heavy (non-hydrogen) atoms. The predicted octanol–water partition coefficient (Wildman–Crippen LogP) is 3.13. The molecule has 0 radical (unpaired) electrons. The number of ether oxygens (including phenoxy) is 1. The summed E-state index contributed by atoms with van der Waals surface area (Å²) in [4.78, 5) is 76.6. The summed E-state index contributed by atoms with van der Waals surface area (Å²) in [5.74, 6) is -0.599. The van der Waals surface area contributed by atoms with Crippen molar-refractivity contribution in [2.75, 3.05) is 85.9 Å². The Balaban J connectivity index is 0.675. The fraction of sp³-hybridized carbons (Fsp3) is 0.426. The van der Waals surface area contributed by atoms with Gasteiger partial charge in [0.2, 0.25) is 17.7 Å². The van der Waals surface area contributed by atoms with Gasteiger partial charge in [0.05, 0.1) is 22.5 Å². The molecule has 2 bridgehead atoms. The van der Waals surface area contributed by atoms with E-state index in [0.717, 1.165) is 73.3 Å². The molecule has 0 spiro atoms. The molecule has 17 heteroatoms. The van der Waals surface area contributed by atoms with Gasteiger partial charge in [-0.2, -0.15) is 0 Å². The Bertz CT molecular complexity index is 2490. The lowest BCUT2D eigenvalue weighted by molar-refractivity contribution is -0.138. The van der Waals surface area contributed by atoms with Crippen LogP contribution in [0.25, 0.3) is 11.3 Å². The summed E-state index contributed by atoms with van der Waals surface area (Å²) in [6.45, 7) is 7.09. The molecule has 3 atom stereocenters. The van der Waals surface area contributed by atoms with Crippen LogP contribution in [-0.4, -0.2) is 143 Å². The van der Waals surface area contributed by atoms with Gasteiger partial charge >= 0.3 is 0 Å². The number of nitrogens with one attached hydrogen (secondary N) is 1. The molecule has 5 saturated heterocycles. The maximum atomic E-state index is 13.7. The summed E-state index contributed by atoms with van der Waals surface area (Å²) in [6, 6.07) is 22.2. The number of aromatic nitrogens is 2. The zero-order chi connectivity index (χ0) is 44.1. The maximum Gasteiger partial charge on any atom is 0.262 e. The Labute approximate surface area is 370 Å². The van der Waals surface area contributed by atoms with Gasteiger partial charge in [0.15, 0.2) is 5.82 Å². The summed E-state index contributed by atoms with van der Waals surface area (Å²) in [5, 5.41) is 21.2. The van der Waals surface area contributed by atoms with Crippen molar-refractivity contribution >= 4 is 52.4 Å². The number of aromatic hydroxyl groups is 1. The number of anilines is 4. The number of benzene rings is 3. The van der Waals surface area contributed by atoms with Crippen molar-refractivity contribution in [1.82, 2.24) is 30.2 Å². The molecule has 17 nitrogen and oxygen atoms in total. The fourth-order valence-corrected chi connectivity index (χ4v) is 10.5. The van der Waals surface area contributed by atoms with Crippen LogP contribution in [0.15, 0.2) is 72.8 Å². The number of amides is 5. The number of nitrogens with zero attached hydrogens (tertiary/aromatic N) is 8. The zero-order valence-corrected chi connectivity index (χ0v) is 35.6. The largest absolute Gasteiger partial charge is 0.507 e. The fourth-order valence-electron chi connectivity index (χ4n) is 10.5. The molecule has 1 aromatic heterocycles. The van der Waals surface area contributed by atoms with E-state index in [9.17, 15) is 29.1 Å². The topological polar surface area (TPSA) is 198 Å². The highest BCUT2D eigenvalue weighted by atomic mass is 16.5. The van der Waals surface area contributed by atoms with Gasteiger partial charge in [-0.05, 0) is 80.6 Å². The van der Waals surface area contributed by atoms with Gasteiger partial charge in [0, 0.05) is 106 Å². The highest BCUT2D eigenvalue weighted by molar-refractivity contribution is 6.23. The number of imide groups is 2. The number of hydrogen-bond acceptors (Lipinski definition) is 14. The van der Waals surface area contributed by atoms with Gasteiger partial charge in [-0.3, -0.25) is 39.1 Å². The van der Waals surface area contributed by atoms with Crippen molar-refractivity contribution in [3.8, 4) is 22.8 Å². The minimum absolute atomic E-state index is 0.0715. The zero-order valence-electron chi connectivity index (χ0n) is 35.6. The molecule has 3 unspecified atom stereocenters. The predicted molar refractivity (Wildman–Crippen MR) is 238 cm³/mol. The Morgan fingerprint density at radius 3 is 2.25 bits per heavy atom. The van der Waals surface area contributed by atoms with E-state index in [4.69, 9.17) is 10.5 Å². The molecule has 5 fully saturated rings. The number of nitrogen functional groups attached to an aromatic ring is 1. The molecule has 332 valence electrons. The lowest BCUT2D eigenvalue weighted by atomic mass is 9.94. The summed E-state index contributed by atoms with van der Waals surface area (Å²) >= 11 is 0. The summed E-state index contributed by atoms with van der Waals surface area (Å²) in [5.41, 5.74) is 10.9. The van der Waals surface area contributed by atoms with Gasteiger partial charge < -0.3 is 35.2 Å². The van der Waals surface area contributed by atoms with E-state index in [1.54, 1.807) is 24.3 Å². The molecular formula is C47H52N10O7. The maximum absolute atomic E-state index is 13.7. The number of piperazine rings is 2. The van der Waals surface area contributed by atoms with Crippen LogP contribution in [0, 0.1) is 5.92 Å². The molecule has 3 aromatic carbocycles. The second-order valence-corrected chi connectivity index (χ2v) is 17.7. The van der Waals surface area contributed by atoms with Crippen LogP contribution in [0.3, 0.4) is 0 Å². The SMILES string of the molecule is Nc1nnc(-c2ccccc2O)cc1N1CC2CCC(C1)N2c1cccc(OCCN2CCN(C(=O)C3CCN(c4ccc5c(c4)C(=O)N(C4CCC(=O)NC4=O)C5=O)CC3)CC2)c1. The van der Waals surface area contributed by atoms with E-state index in [-0.39, 0.29) is 41.5 Å². The van der Waals surface area contributed by atoms with Crippen LogP contribution >= 0.6 is 0 Å². The second-order valence-electron chi connectivity index (χ2n) is 17.7. The van der Waals surface area contributed by atoms with Crippen molar-refractivity contribution < 1.29 is 33.8 Å². The van der Waals surface area contributed by atoms with Crippen molar-refractivity contribution in [1.29, 1.82) is 0 Å². The van der Waals surface area contributed by atoms with Crippen LogP contribution in [0.4, 0.5) is 22.9 Å². The minimum Gasteiger partial charge on any atom is -0.507 e. The third-order valence-corrected chi connectivity index (χ3v) is 13.9. The standard InChI is InChI=1S/C47H52N10O7/c48-43-40(26-38(50-51-43)36-6-1-2-7-41(36)58)55-27-32-8-9-33(28-55)56(32)31-4-3-5-34(24-31)64-23-22-52-18-20-54(21-19-52)45(61)29-14-16-53(17-15-29)30-10-11-35-37(25-30)47(63)57(46(35)62)39-12-13-42(59)49-44(39)60/h1-7,10-11,24-26,29,32-33,39,58H,8-9,12-23,27-28H2,(H2,48,51)(H,49,59,60). The summed E-state index contributed by atoms with van der Waals surface area (Å²) in [6.07, 6.45) is 3.71. The lowest BCUT2D eigenvalue weighted by Crippen LogP contribution is -2.54. The van der Waals surface area contributed by atoms with Crippen molar-refractivity contribution in [2.45, 2.75) is 56.7 Å². The van der Waals surface area contributed by atoms with Crippen LogP contribution in [0.5, 0.6) is 11.5 Å². The number of nitrogens with two attached hydrogens (primary N) is 1. The van der Waals surface area contributed by atoms with Crippen LogP contribution < -0.4 is 30.5 Å². The molecule has 10 rings (SSSR count). The Kier molecular flexibility index (Phi) is 11.0. The Morgan fingerprint density at radius 2 is 1.50 bits per heavy atom. The lowest BCUT2D eigenvalue weighted by Gasteiger charge is -2.43. The van der Waals surface area contributed by atoms with Crippen molar-refractivity contribution in [2.24, 2.45) is 5.92 Å². The molecule has 7 heterocycles. The number of phenols is 1. The summed E-state index contributed by atoms with van der Waals surface area (Å²) in [7, 11) is 0. The molecule has 0 aliphatic carbocycles. The quantitative estimate of drug-likeness (QED) is 0.197. The van der Waals surface area contributed by atoms with Crippen molar-refractivity contribution in [3.05, 3.63) is 83.9 Å². The molecule has 4 N–H and O–H groups in total. The monoisotopic (exact) mass is 868 g/mol. The van der Waals surface area contributed by atoms with E-state index in [1.807, 2.05) is 35.2 Å². The van der Waals surface area contributed by atoms with Gasteiger partial charge in [0.25, 0.3) is 11.8 Å². The number of fused-ring (bicyclic) bond motifs is 3. The third-order valence-electron chi connectivity index (χ3n) is 13.9. The number of hydrogen-bond donors (Lipinski definition) is 3. The van der Waals surface area contributed by atoms with Gasteiger partial charge in [-0.25, -0.2) is 0 Å². The molecule has 5 amide bonds. The average Bonchev–Trinajstić information content (AvgIpc) is 3.72. The van der Waals surface area contributed by atoms with Crippen LogP contribution in [-0.2, 0) is 14.4 Å². The Morgan fingerprint density at radius 1 is 0.750 bits per heavy atom. The molecule has 4 aromatic rings. The van der Waals surface area contributed by atoms with Crippen LogP contribution in [0.2, 0.25) is 0 Å². The van der Waals surface area contributed by atoms with E-state index in [1.165, 1.54) is 0 Å². The van der Waals surface area contributed by atoms with Crippen LogP contribution in [0.1, 0.15) is 59.2 Å². The first-order valence-corrected chi connectivity index (χ1v) is 22.4. The second kappa shape index (κ2) is 17.1. The number of piperidine rings is 2. The number of rotatable bonds is 10. The molecule has 6 aliphatic rings. The van der Waals surface area contributed by atoms with Gasteiger partial charge in [-0.1, -0.05) is 18.2 Å². The highest BCUT2D eigenvalue weighted by Gasteiger charge is 2.45. The summed E-state index contributed by atoms with van der Waals surface area (Å²) < 4.78 is 6.31. The van der Waals surface area contributed by atoms with Crippen molar-refractivity contribution in [3.63, 3.8) is 0 Å². The van der Waals surface area contributed by atoms with E-state index in [2.05, 4.69) is 53.3 Å². The number of para-hydroxylation sites is 1. The van der Waals surface area contributed by atoms with E-state index >= 15 is 0 Å².